The van der Waals surface area contributed by atoms with Crippen molar-refractivity contribution in [2.24, 2.45) is 0 Å². The highest BCUT2D eigenvalue weighted by molar-refractivity contribution is 6.36. The summed E-state index contributed by atoms with van der Waals surface area (Å²) in [6.45, 7) is 1.67. The first-order valence-electron chi connectivity index (χ1n) is 8.92. The molecule has 5 rings (SSSR count). The van der Waals surface area contributed by atoms with Gasteiger partial charge < -0.3 is 5.11 Å². The summed E-state index contributed by atoms with van der Waals surface area (Å²) >= 11 is 0. The summed E-state index contributed by atoms with van der Waals surface area (Å²) in [5, 5.41) is 18.0. The molecule has 5 aromatic carbocycles. The summed E-state index contributed by atoms with van der Waals surface area (Å²) in [5.41, 5.74) is 0.767. The van der Waals surface area contributed by atoms with Crippen LogP contribution in [0.3, 0.4) is 0 Å². The van der Waals surface area contributed by atoms with Crippen molar-refractivity contribution in [3.8, 4) is 0 Å². The zero-order chi connectivity index (χ0) is 18.7. The molecule has 0 aliphatic rings. The lowest BCUT2D eigenvalue weighted by molar-refractivity contribution is -0.149. The molecule has 1 atom stereocenters. The Kier molecular flexibility index (Phi) is 3.22. The van der Waals surface area contributed by atoms with Crippen LogP contribution in [0.1, 0.15) is 18.4 Å². The fraction of sp³-hybridized carbons (Fsp3) is 0.0833. The lowest BCUT2D eigenvalue weighted by Gasteiger charge is -2.18. The van der Waals surface area contributed by atoms with Gasteiger partial charge in [0.25, 0.3) is 0 Å². The predicted molar refractivity (Wildman–Crippen MR) is 109 cm³/mol. The van der Waals surface area contributed by atoms with Crippen LogP contribution in [0.2, 0.25) is 0 Å². The summed E-state index contributed by atoms with van der Waals surface area (Å²) < 4.78 is 0. The van der Waals surface area contributed by atoms with Crippen molar-refractivity contribution < 1.29 is 14.7 Å². The Morgan fingerprint density at radius 1 is 0.741 bits per heavy atom. The van der Waals surface area contributed by atoms with Crippen LogP contribution >= 0.6 is 0 Å². The smallest absolute Gasteiger partial charge is 0.372 e. The van der Waals surface area contributed by atoms with Gasteiger partial charge in [0.15, 0.2) is 0 Å². The number of carboxylic acids is 1. The Morgan fingerprint density at radius 2 is 1.44 bits per heavy atom. The third kappa shape index (κ3) is 2.15. The highest BCUT2D eigenvalue weighted by Crippen LogP contribution is 2.41. The van der Waals surface area contributed by atoms with Gasteiger partial charge in [-0.25, -0.2) is 4.79 Å². The maximum absolute atomic E-state index is 12.2. The minimum absolute atomic E-state index is 0.706. The molecule has 3 nitrogen and oxygen atoms in total. The molecule has 0 fully saturated rings. The van der Waals surface area contributed by atoms with E-state index in [1.165, 1.54) is 16.2 Å². The van der Waals surface area contributed by atoms with Gasteiger partial charge in [-0.2, -0.15) is 0 Å². The van der Waals surface area contributed by atoms with Crippen LogP contribution in [0.15, 0.2) is 66.7 Å². The van der Waals surface area contributed by atoms with E-state index in [9.17, 15) is 14.7 Å². The molecule has 5 aromatic rings. The van der Waals surface area contributed by atoms with E-state index in [1.54, 1.807) is 6.92 Å². The molecule has 0 aliphatic carbocycles. The first-order valence-corrected chi connectivity index (χ1v) is 8.92. The van der Waals surface area contributed by atoms with Crippen molar-refractivity contribution in [3.05, 3.63) is 72.3 Å². The van der Waals surface area contributed by atoms with E-state index < -0.39 is 17.7 Å². The standard InChI is InChI=1S/C24H16O3/c1-13(23(25)24(26)27)20-12-16-11-15-5-2-3-7-17(15)19-10-9-14-6-4-8-18(20)21(14)22(16)19/h2-13H,1H3,(H,26,27). The zero-order valence-corrected chi connectivity index (χ0v) is 14.7. The minimum Gasteiger partial charge on any atom is -0.475 e. The third-order valence-corrected chi connectivity index (χ3v) is 5.59. The molecule has 0 spiro atoms. The predicted octanol–water partition coefficient (Wildman–Crippen LogP) is 5.49. The Bertz CT molecular complexity index is 1380. The first kappa shape index (κ1) is 15.8. The van der Waals surface area contributed by atoms with Gasteiger partial charge in [0.2, 0.25) is 5.78 Å². The maximum atomic E-state index is 12.2. The van der Waals surface area contributed by atoms with E-state index >= 15 is 0 Å². The molecule has 0 radical (unpaired) electrons. The number of aliphatic carboxylic acids is 1. The summed E-state index contributed by atoms with van der Waals surface area (Å²) in [5.74, 6) is -2.88. The molecule has 27 heavy (non-hydrogen) atoms. The summed E-state index contributed by atoms with van der Waals surface area (Å²) in [7, 11) is 0. The largest absolute Gasteiger partial charge is 0.475 e. The highest BCUT2D eigenvalue weighted by atomic mass is 16.4. The monoisotopic (exact) mass is 352 g/mol. The summed E-state index contributed by atoms with van der Waals surface area (Å²) in [6, 6.07) is 22.6. The summed E-state index contributed by atoms with van der Waals surface area (Å²) in [4.78, 5) is 23.4. The number of fused-ring (bicyclic) bond motifs is 2. The van der Waals surface area contributed by atoms with E-state index in [2.05, 4.69) is 36.4 Å². The molecule has 1 unspecified atom stereocenters. The fourth-order valence-corrected chi connectivity index (χ4v) is 4.30. The normalized spacial score (nSPS) is 12.9. The molecular weight excluding hydrogens is 336 g/mol. The first-order chi connectivity index (χ1) is 13.1. The Balaban J connectivity index is 2.00. The van der Waals surface area contributed by atoms with Crippen LogP contribution < -0.4 is 0 Å². The molecule has 0 aliphatic heterocycles. The number of ketones is 1. The Hall–Kier alpha value is -3.46. The average Bonchev–Trinajstić information content (AvgIpc) is 2.70. The number of Topliss-reactive ketones (excluding diaryl/α,β-unsaturated/α-hetero) is 1. The number of benzene rings is 5. The Labute approximate surface area is 155 Å². The number of hydrogen-bond acceptors (Lipinski definition) is 2. The van der Waals surface area contributed by atoms with Crippen LogP contribution in [0, 0.1) is 0 Å². The SMILES string of the molecule is CC(C(=O)C(=O)O)c1cc2cc3ccccc3c3ccc4cccc1c4c23. The van der Waals surface area contributed by atoms with Crippen LogP contribution in [-0.2, 0) is 9.59 Å². The van der Waals surface area contributed by atoms with E-state index in [1.807, 2.05) is 30.3 Å². The zero-order valence-electron chi connectivity index (χ0n) is 14.7. The van der Waals surface area contributed by atoms with Crippen molar-refractivity contribution in [1.82, 2.24) is 0 Å². The van der Waals surface area contributed by atoms with E-state index in [4.69, 9.17) is 0 Å². The lowest BCUT2D eigenvalue weighted by atomic mass is 9.84. The molecule has 0 aromatic heterocycles. The highest BCUT2D eigenvalue weighted by Gasteiger charge is 2.25. The number of carbonyl (C=O) groups excluding carboxylic acids is 1. The molecule has 0 amide bonds. The van der Waals surface area contributed by atoms with Gasteiger partial charge in [-0.15, -0.1) is 0 Å². The van der Waals surface area contributed by atoms with Gasteiger partial charge in [-0.05, 0) is 60.8 Å². The molecule has 1 N–H and O–H groups in total. The molecule has 130 valence electrons. The number of rotatable bonds is 3. The van der Waals surface area contributed by atoms with Crippen LogP contribution in [-0.4, -0.2) is 16.9 Å². The number of carbonyl (C=O) groups is 2. The second kappa shape index (κ2) is 5.52. The van der Waals surface area contributed by atoms with Crippen molar-refractivity contribution in [2.45, 2.75) is 12.8 Å². The van der Waals surface area contributed by atoms with Crippen LogP contribution in [0.4, 0.5) is 0 Å². The number of carboxylic acid groups (broad SMARTS) is 1. The van der Waals surface area contributed by atoms with Crippen molar-refractivity contribution in [2.75, 3.05) is 0 Å². The maximum Gasteiger partial charge on any atom is 0.372 e. The molecule has 0 heterocycles. The van der Waals surface area contributed by atoms with Crippen LogP contribution in [0.5, 0.6) is 0 Å². The fourth-order valence-electron chi connectivity index (χ4n) is 4.30. The topological polar surface area (TPSA) is 54.4 Å². The van der Waals surface area contributed by atoms with Gasteiger partial charge in [-0.3, -0.25) is 4.79 Å². The molecule has 0 bridgehead atoms. The minimum atomic E-state index is -1.39. The van der Waals surface area contributed by atoms with Crippen molar-refractivity contribution in [1.29, 1.82) is 0 Å². The molecule has 0 saturated heterocycles. The van der Waals surface area contributed by atoms with Gasteiger partial charge in [0.1, 0.15) is 0 Å². The summed E-state index contributed by atoms with van der Waals surface area (Å²) in [6.07, 6.45) is 0. The Morgan fingerprint density at radius 3 is 2.26 bits per heavy atom. The van der Waals surface area contributed by atoms with Crippen molar-refractivity contribution in [3.63, 3.8) is 0 Å². The van der Waals surface area contributed by atoms with E-state index in [-0.39, 0.29) is 0 Å². The second-order valence-corrected chi connectivity index (χ2v) is 7.07. The van der Waals surface area contributed by atoms with Crippen molar-refractivity contribution >= 4 is 54.8 Å². The van der Waals surface area contributed by atoms with Gasteiger partial charge in [0.05, 0.1) is 5.92 Å². The molecule has 3 heteroatoms. The quantitative estimate of drug-likeness (QED) is 0.265. The van der Waals surface area contributed by atoms with Gasteiger partial charge >= 0.3 is 5.97 Å². The average molecular weight is 352 g/mol. The van der Waals surface area contributed by atoms with E-state index in [0.717, 1.165) is 32.5 Å². The lowest BCUT2D eigenvalue weighted by Crippen LogP contribution is -2.19. The van der Waals surface area contributed by atoms with E-state index in [0.29, 0.717) is 0 Å². The van der Waals surface area contributed by atoms with Gasteiger partial charge in [0, 0.05) is 0 Å². The second-order valence-electron chi connectivity index (χ2n) is 7.07. The molecular formula is C24H16O3. The van der Waals surface area contributed by atoms with Gasteiger partial charge in [-0.1, -0.05) is 61.5 Å². The third-order valence-electron chi connectivity index (χ3n) is 5.59. The van der Waals surface area contributed by atoms with Crippen LogP contribution in [0.25, 0.3) is 43.1 Å². The number of hydrogen-bond donors (Lipinski definition) is 1. The molecule has 0 saturated carbocycles.